The summed E-state index contributed by atoms with van der Waals surface area (Å²) in [5.41, 5.74) is 0.455. The van der Waals surface area contributed by atoms with Crippen LogP contribution >= 0.6 is 0 Å². The van der Waals surface area contributed by atoms with Gasteiger partial charge >= 0.3 is 0 Å². The van der Waals surface area contributed by atoms with E-state index in [1.807, 2.05) is 0 Å². The van der Waals surface area contributed by atoms with E-state index in [9.17, 15) is 0 Å². The Morgan fingerprint density at radius 2 is 1.93 bits per heavy atom. The third-order valence-corrected chi connectivity index (χ3v) is 4.59. The molecule has 2 aliphatic rings. The molecule has 0 aromatic rings. The SMILES string of the molecule is CCC1(CC)CNC2CCC(C)(C)C2O1. The fourth-order valence-electron chi connectivity index (χ4n) is 3.11. The highest BCUT2D eigenvalue weighted by Crippen LogP contribution is 2.44. The minimum Gasteiger partial charge on any atom is -0.368 e. The Morgan fingerprint density at radius 1 is 1.27 bits per heavy atom. The van der Waals surface area contributed by atoms with Crippen LogP contribution in [0.1, 0.15) is 53.4 Å². The molecule has 88 valence electrons. The van der Waals surface area contributed by atoms with Crippen LogP contribution < -0.4 is 5.32 Å². The molecule has 0 aromatic heterocycles. The largest absolute Gasteiger partial charge is 0.368 e. The summed E-state index contributed by atoms with van der Waals surface area (Å²) in [6, 6.07) is 0.603. The average Bonchev–Trinajstić information content (AvgIpc) is 2.54. The van der Waals surface area contributed by atoms with E-state index in [4.69, 9.17) is 4.74 Å². The van der Waals surface area contributed by atoms with Crippen molar-refractivity contribution in [3.05, 3.63) is 0 Å². The van der Waals surface area contributed by atoms with Crippen LogP contribution in [0.2, 0.25) is 0 Å². The predicted molar refractivity (Wildman–Crippen MR) is 63.0 cm³/mol. The number of morpholine rings is 1. The van der Waals surface area contributed by atoms with Gasteiger partial charge in [0.2, 0.25) is 0 Å². The molecule has 0 aromatic carbocycles. The van der Waals surface area contributed by atoms with Crippen molar-refractivity contribution in [1.82, 2.24) is 5.32 Å². The Bertz CT molecular complexity index is 233. The first kappa shape index (κ1) is 11.4. The molecule has 0 radical (unpaired) electrons. The van der Waals surface area contributed by atoms with Gasteiger partial charge < -0.3 is 10.1 Å². The van der Waals surface area contributed by atoms with E-state index in [0.29, 0.717) is 17.6 Å². The summed E-state index contributed by atoms with van der Waals surface area (Å²) in [6.07, 6.45) is 5.23. The van der Waals surface area contributed by atoms with E-state index in [1.165, 1.54) is 12.8 Å². The molecule has 1 aliphatic carbocycles. The van der Waals surface area contributed by atoms with Crippen LogP contribution in [0.3, 0.4) is 0 Å². The molecule has 2 atom stereocenters. The maximum absolute atomic E-state index is 6.45. The first-order chi connectivity index (χ1) is 7.03. The summed E-state index contributed by atoms with van der Waals surface area (Å²) >= 11 is 0. The summed E-state index contributed by atoms with van der Waals surface area (Å²) in [5, 5.41) is 3.70. The molecule has 0 amide bonds. The van der Waals surface area contributed by atoms with E-state index >= 15 is 0 Å². The molecule has 2 unspecified atom stereocenters. The Balaban J connectivity index is 2.14. The van der Waals surface area contributed by atoms with E-state index < -0.39 is 0 Å². The summed E-state index contributed by atoms with van der Waals surface area (Å²) in [7, 11) is 0. The number of ether oxygens (including phenoxy) is 1. The van der Waals surface area contributed by atoms with Gasteiger partial charge in [0.05, 0.1) is 11.7 Å². The highest BCUT2D eigenvalue weighted by atomic mass is 16.5. The second-order valence-electron chi connectivity index (χ2n) is 5.94. The van der Waals surface area contributed by atoms with E-state index in [1.54, 1.807) is 0 Å². The average molecular weight is 211 g/mol. The highest BCUT2D eigenvalue weighted by molar-refractivity contribution is 5.02. The maximum Gasteiger partial charge on any atom is 0.0806 e. The molecule has 1 saturated heterocycles. The van der Waals surface area contributed by atoms with Gasteiger partial charge in [0.1, 0.15) is 0 Å². The Kier molecular flexibility index (Phi) is 2.85. The molecule has 2 heteroatoms. The van der Waals surface area contributed by atoms with Crippen molar-refractivity contribution < 1.29 is 4.74 Å². The van der Waals surface area contributed by atoms with Crippen molar-refractivity contribution in [3.63, 3.8) is 0 Å². The molecule has 2 rings (SSSR count). The van der Waals surface area contributed by atoms with Crippen LogP contribution in [0.15, 0.2) is 0 Å². The molecule has 0 bridgehead atoms. The van der Waals surface area contributed by atoms with Crippen molar-refractivity contribution in [3.8, 4) is 0 Å². The van der Waals surface area contributed by atoms with Crippen LogP contribution in [0.4, 0.5) is 0 Å². The van der Waals surface area contributed by atoms with Gasteiger partial charge in [-0.2, -0.15) is 0 Å². The van der Waals surface area contributed by atoms with Gasteiger partial charge in [-0.3, -0.25) is 0 Å². The lowest BCUT2D eigenvalue weighted by Crippen LogP contribution is -2.59. The molecule has 1 aliphatic heterocycles. The normalized spacial score (nSPS) is 37.6. The number of rotatable bonds is 2. The zero-order valence-electron chi connectivity index (χ0n) is 10.6. The number of fused-ring (bicyclic) bond motifs is 1. The first-order valence-corrected chi connectivity index (χ1v) is 6.44. The van der Waals surface area contributed by atoms with Crippen LogP contribution in [0, 0.1) is 5.41 Å². The molecular formula is C13H25NO. The summed E-state index contributed by atoms with van der Waals surface area (Å²) < 4.78 is 6.45. The summed E-state index contributed by atoms with van der Waals surface area (Å²) in [4.78, 5) is 0. The molecule has 2 fully saturated rings. The summed E-state index contributed by atoms with van der Waals surface area (Å²) in [6.45, 7) is 10.2. The topological polar surface area (TPSA) is 21.3 Å². The zero-order chi connectivity index (χ0) is 11.1. The van der Waals surface area contributed by atoms with Crippen molar-refractivity contribution in [2.75, 3.05) is 6.54 Å². The fourth-order valence-corrected chi connectivity index (χ4v) is 3.11. The van der Waals surface area contributed by atoms with E-state index in [-0.39, 0.29) is 5.60 Å². The third-order valence-electron chi connectivity index (χ3n) is 4.59. The van der Waals surface area contributed by atoms with Gasteiger partial charge in [0.15, 0.2) is 0 Å². The Labute approximate surface area is 93.8 Å². The van der Waals surface area contributed by atoms with Crippen LogP contribution in [-0.2, 0) is 4.74 Å². The fraction of sp³-hybridized carbons (Fsp3) is 1.00. The first-order valence-electron chi connectivity index (χ1n) is 6.44. The molecule has 15 heavy (non-hydrogen) atoms. The Hall–Kier alpha value is -0.0800. The van der Waals surface area contributed by atoms with Gasteiger partial charge in [-0.05, 0) is 31.1 Å². The lowest BCUT2D eigenvalue weighted by atomic mass is 9.85. The number of nitrogens with one attached hydrogen (secondary N) is 1. The minimum atomic E-state index is 0.1000. The van der Waals surface area contributed by atoms with Gasteiger partial charge in [-0.25, -0.2) is 0 Å². The smallest absolute Gasteiger partial charge is 0.0806 e. The lowest BCUT2D eigenvalue weighted by molar-refractivity contribution is -0.160. The van der Waals surface area contributed by atoms with Crippen LogP contribution in [0.25, 0.3) is 0 Å². The Morgan fingerprint density at radius 3 is 2.53 bits per heavy atom. The lowest BCUT2D eigenvalue weighted by Gasteiger charge is -2.46. The van der Waals surface area contributed by atoms with Crippen molar-refractivity contribution in [2.45, 2.75) is 71.1 Å². The molecule has 1 heterocycles. The molecular weight excluding hydrogens is 186 g/mol. The van der Waals surface area contributed by atoms with Gasteiger partial charge in [-0.1, -0.05) is 27.7 Å². The monoisotopic (exact) mass is 211 g/mol. The number of hydrogen-bond donors (Lipinski definition) is 1. The third kappa shape index (κ3) is 1.83. The highest BCUT2D eigenvalue weighted by Gasteiger charge is 2.49. The predicted octanol–water partition coefficient (Wildman–Crippen LogP) is 2.72. The zero-order valence-corrected chi connectivity index (χ0v) is 10.6. The second-order valence-corrected chi connectivity index (χ2v) is 5.94. The van der Waals surface area contributed by atoms with Crippen molar-refractivity contribution in [2.24, 2.45) is 5.41 Å². The van der Waals surface area contributed by atoms with Crippen molar-refractivity contribution >= 4 is 0 Å². The van der Waals surface area contributed by atoms with E-state index in [2.05, 4.69) is 33.0 Å². The minimum absolute atomic E-state index is 0.1000. The summed E-state index contributed by atoms with van der Waals surface area (Å²) in [5.74, 6) is 0. The molecule has 1 saturated carbocycles. The van der Waals surface area contributed by atoms with Gasteiger partial charge in [0.25, 0.3) is 0 Å². The molecule has 1 N–H and O–H groups in total. The van der Waals surface area contributed by atoms with Gasteiger partial charge in [0, 0.05) is 12.6 Å². The maximum atomic E-state index is 6.45. The van der Waals surface area contributed by atoms with E-state index in [0.717, 1.165) is 19.4 Å². The van der Waals surface area contributed by atoms with Crippen molar-refractivity contribution in [1.29, 1.82) is 0 Å². The second kappa shape index (κ2) is 3.74. The number of hydrogen-bond acceptors (Lipinski definition) is 2. The van der Waals surface area contributed by atoms with Crippen LogP contribution in [-0.4, -0.2) is 24.3 Å². The quantitative estimate of drug-likeness (QED) is 0.758. The standard InChI is InChI=1S/C13H25NO/c1-5-13(6-2)9-14-10-7-8-12(3,4)11(10)15-13/h10-11,14H,5-9H2,1-4H3. The van der Waals surface area contributed by atoms with Gasteiger partial charge in [-0.15, -0.1) is 0 Å². The molecule has 2 nitrogen and oxygen atoms in total. The van der Waals surface area contributed by atoms with Crippen LogP contribution in [0.5, 0.6) is 0 Å². The molecule has 0 spiro atoms.